The summed E-state index contributed by atoms with van der Waals surface area (Å²) in [5.41, 5.74) is 11.5. The van der Waals surface area contributed by atoms with E-state index in [0.29, 0.717) is 73.9 Å². The van der Waals surface area contributed by atoms with E-state index in [1.807, 2.05) is 86.6 Å². The van der Waals surface area contributed by atoms with E-state index in [1.54, 1.807) is 12.4 Å². The summed E-state index contributed by atoms with van der Waals surface area (Å²) in [5.74, 6) is -2.77. The summed E-state index contributed by atoms with van der Waals surface area (Å²) < 4.78 is 0. The highest BCUT2D eigenvalue weighted by Crippen LogP contribution is 2.58. The number of imide groups is 2. The minimum atomic E-state index is -1.63. The van der Waals surface area contributed by atoms with Gasteiger partial charge in [0, 0.05) is 65.9 Å². The lowest BCUT2D eigenvalue weighted by Crippen LogP contribution is -2.72. The molecular formula is C49H54N8O8. The first-order valence-electron chi connectivity index (χ1n) is 22.3. The van der Waals surface area contributed by atoms with Crippen molar-refractivity contribution in [3.05, 3.63) is 120 Å². The standard InChI is InChI=1S/C49H54N8O8/c1-46(26-40(50)58)31-11-15-33(16-12-31)48(46,42(60)53-44(62)63)55-24-4-7-36(55)38-21-22-39(57(38)35-19-9-29(10-20-35)30-6-3-23-52-28-30)37-8-5-25-56(37)49(43(61)54-45(64)65)34-17-13-32(14-18-34)47(49,2)27-41(51)59/h3,6,9-20,23,28,36-39H,4-5,7-8,21-22,24-27H2,1-2H3,(H2,50,58)(H2,51,59)(H,53,60)(H,54,61)(H,62,63)(H,64,65)/t36?,37?,38-,39-,46?,47?,48-,49-/m1/s1. The molecule has 4 heterocycles. The predicted octanol–water partition coefficient (Wildman–Crippen LogP) is 4.69. The molecule has 4 aromatic rings. The number of primary amides is 2. The minimum absolute atomic E-state index is 0.216. The maximum absolute atomic E-state index is 14.9. The summed E-state index contributed by atoms with van der Waals surface area (Å²) in [5, 5.41) is 24.6. The van der Waals surface area contributed by atoms with Crippen LogP contribution in [0.5, 0.6) is 0 Å². The van der Waals surface area contributed by atoms with E-state index in [1.165, 1.54) is 0 Å². The third-order valence-corrected chi connectivity index (χ3v) is 15.6. The third kappa shape index (κ3) is 6.50. The summed E-state index contributed by atoms with van der Waals surface area (Å²) in [6, 6.07) is 25.6. The van der Waals surface area contributed by atoms with Crippen LogP contribution in [0.2, 0.25) is 0 Å². The maximum Gasteiger partial charge on any atom is 0.411 e. The molecule has 1 aromatic heterocycles. The Morgan fingerprint density at radius 1 is 0.600 bits per heavy atom. The van der Waals surface area contributed by atoms with Crippen LogP contribution in [0.15, 0.2) is 97.3 Å². The molecule has 16 nitrogen and oxygen atoms in total. The summed E-state index contributed by atoms with van der Waals surface area (Å²) >= 11 is 0. The van der Waals surface area contributed by atoms with Crippen molar-refractivity contribution in [2.45, 2.75) is 111 Å². The summed E-state index contributed by atoms with van der Waals surface area (Å²) in [6.07, 6.45) is 4.00. The molecule has 11 rings (SSSR count). The van der Waals surface area contributed by atoms with E-state index in [4.69, 9.17) is 11.5 Å². The number of likely N-dealkylation sites (tertiary alicyclic amines) is 2. The molecule has 0 radical (unpaired) electrons. The highest BCUT2D eigenvalue weighted by Gasteiger charge is 2.67. The normalized spacial score (nSPS) is 30.3. The SMILES string of the molecule is CC1(CC(N)=O)c2ccc(cc2)[C@]1(C(=O)NC(=O)O)N1CCCC1[C@H]1CC[C@H](C2CCCN2[C@@]2(C(=O)NC(=O)O)c3ccc(cc3)C2(C)CC(N)=O)N1c1ccc(-c2cccnc2)cc1. The number of benzene rings is 3. The van der Waals surface area contributed by atoms with Crippen molar-refractivity contribution in [1.29, 1.82) is 0 Å². The van der Waals surface area contributed by atoms with Gasteiger partial charge in [-0.05, 0) is 103 Å². The molecule has 3 fully saturated rings. The first kappa shape index (κ1) is 43.6. The molecule has 7 aliphatic rings. The minimum Gasteiger partial charge on any atom is -0.465 e. The Labute approximate surface area is 376 Å². The molecule has 4 unspecified atom stereocenters. The number of nitrogens with two attached hydrogens (primary N) is 2. The molecule has 3 aromatic carbocycles. The van der Waals surface area contributed by atoms with Crippen LogP contribution < -0.4 is 27.0 Å². The number of rotatable bonds is 12. The van der Waals surface area contributed by atoms with Crippen LogP contribution in [0.4, 0.5) is 15.3 Å². The molecule has 0 saturated carbocycles. The molecule has 8 N–H and O–H groups in total. The van der Waals surface area contributed by atoms with Crippen LogP contribution in [-0.2, 0) is 41.1 Å². The van der Waals surface area contributed by atoms with Gasteiger partial charge < -0.3 is 26.6 Å². The first-order chi connectivity index (χ1) is 31.1. The number of pyridine rings is 1. The number of hydrogen-bond donors (Lipinski definition) is 6. The third-order valence-electron chi connectivity index (χ3n) is 15.6. The molecule has 4 bridgehead atoms. The fourth-order valence-electron chi connectivity index (χ4n) is 13.3. The molecule has 6 amide bonds. The number of fused-ring (bicyclic) bond motifs is 6. The number of carbonyl (C=O) groups excluding carboxylic acids is 4. The lowest BCUT2D eigenvalue weighted by molar-refractivity contribution is -0.144. The number of amides is 6. The highest BCUT2D eigenvalue weighted by molar-refractivity contribution is 6.01. The molecule has 338 valence electrons. The lowest BCUT2D eigenvalue weighted by Gasteiger charge is -2.58. The number of nitrogens with one attached hydrogen (secondary N) is 2. The molecule has 3 saturated heterocycles. The molecular weight excluding hydrogens is 829 g/mol. The van der Waals surface area contributed by atoms with Crippen molar-refractivity contribution >= 4 is 41.5 Å². The van der Waals surface area contributed by atoms with Crippen molar-refractivity contribution in [1.82, 2.24) is 25.4 Å². The topological polar surface area (TPSA) is 242 Å². The van der Waals surface area contributed by atoms with Gasteiger partial charge in [0.25, 0.3) is 11.8 Å². The highest BCUT2D eigenvalue weighted by atomic mass is 16.4. The van der Waals surface area contributed by atoms with Gasteiger partial charge >= 0.3 is 12.2 Å². The summed E-state index contributed by atoms with van der Waals surface area (Å²) in [6.45, 7) is 4.49. The molecule has 3 aliphatic heterocycles. The quantitative estimate of drug-likeness (QED) is 0.114. The molecule has 16 heteroatoms. The van der Waals surface area contributed by atoms with Gasteiger partial charge in [-0.25, -0.2) is 9.59 Å². The van der Waals surface area contributed by atoms with Gasteiger partial charge in [-0.15, -0.1) is 0 Å². The molecule has 8 atom stereocenters. The summed E-state index contributed by atoms with van der Waals surface area (Å²) in [4.78, 5) is 91.6. The van der Waals surface area contributed by atoms with Crippen molar-refractivity contribution in [3.63, 3.8) is 0 Å². The summed E-state index contributed by atoms with van der Waals surface area (Å²) in [7, 11) is 0. The van der Waals surface area contributed by atoms with Gasteiger partial charge in [-0.2, -0.15) is 0 Å². The number of aromatic nitrogens is 1. The zero-order valence-electron chi connectivity index (χ0n) is 36.4. The van der Waals surface area contributed by atoms with Crippen LogP contribution >= 0.6 is 0 Å². The predicted molar refractivity (Wildman–Crippen MR) is 239 cm³/mol. The Balaban J connectivity index is 1.20. The monoisotopic (exact) mass is 882 g/mol. The van der Waals surface area contributed by atoms with Gasteiger partial charge in [0.05, 0.1) is 0 Å². The van der Waals surface area contributed by atoms with Gasteiger partial charge in [0.15, 0.2) is 0 Å². The average molecular weight is 883 g/mol. The van der Waals surface area contributed by atoms with Crippen molar-refractivity contribution in [2.24, 2.45) is 11.5 Å². The second-order valence-corrected chi connectivity index (χ2v) is 18.8. The van der Waals surface area contributed by atoms with E-state index in [-0.39, 0.29) is 37.0 Å². The Kier molecular flexibility index (Phi) is 10.8. The Bertz CT molecular complexity index is 2420. The first-order valence-corrected chi connectivity index (χ1v) is 22.3. The average Bonchev–Trinajstić information content (AvgIpc) is 4.05. The van der Waals surface area contributed by atoms with E-state index in [2.05, 4.69) is 42.5 Å². The van der Waals surface area contributed by atoms with Crippen molar-refractivity contribution < 1.29 is 39.0 Å². The number of carboxylic acid groups (broad SMARTS) is 2. The van der Waals surface area contributed by atoms with Gasteiger partial charge in [0.2, 0.25) is 11.8 Å². The van der Waals surface area contributed by atoms with E-state index < -0.39 is 57.7 Å². The van der Waals surface area contributed by atoms with Gasteiger partial charge in [-0.3, -0.25) is 44.6 Å². The van der Waals surface area contributed by atoms with Gasteiger partial charge in [0.1, 0.15) is 11.1 Å². The number of hydrogen-bond acceptors (Lipinski definition) is 10. The second-order valence-electron chi connectivity index (χ2n) is 18.8. The maximum atomic E-state index is 14.9. The molecule has 4 aliphatic carbocycles. The molecule has 0 spiro atoms. The fourth-order valence-corrected chi connectivity index (χ4v) is 13.3. The van der Waals surface area contributed by atoms with Gasteiger partial charge in [-0.1, -0.05) is 80.6 Å². The fraction of sp³-hybridized carbons (Fsp3) is 0.408. The van der Waals surface area contributed by atoms with Crippen LogP contribution in [0.25, 0.3) is 11.1 Å². The Morgan fingerprint density at radius 3 is 1.42 bits per heavy atom. The van der Waals surface area contributed by atoms with Crippen LogP contribution in [0.3, 0.4) is 0 Å². The van der Waals surface area contributed by atoms with Crippen LogP contribution in [0.1, 0.15) is 87.5 Å². The van der Waals surface area contributed by atoms with E-state index in [0.717, 1.165) is 16.8 Å². The molecule has 65 heavy (non-hydrogen) atoms. The van der Waals surface area contributed by atoms with Crippen LogP contribution in [-0.4, -0.2) is 98.1 Å². The zero-order chi connectivity index (χ0) is 46.1. The second kappa shape index (κ2) is 16.1. The lowest BCUT2D eigenvalue weighted by atomic mass is 9.56. The van der Waals surface area contributed by atoms with E-state index in [9.17, 15) is 39.0 Å². The van der Waals surface area contributed by atoms with Crippen LogP contribution in [0, 0.1) is 0 Å². The smallest absolute Gasteiger partial charge is 0.411 e. The number of carbonyl (C=O) groups is 6. The van der Waals surface area contributed by atoms with Crippen molar-refractivity contribution in [3.8, 4) is 11.1 Å². The van der Waals surface area contributed by atoms with E-state index >= 15 is 0 Å². The Morgan fingerprint density at radius 2 is 1.03 bits per heavy atom. The largest absolute Gasteiger partial charge is 0.465 e. The number of nitrogens with zero attached hydrogens (tertiary/aromatic N) is 4. The number of anilines is 1. The Hall–Kier alpha value is -6.65. The van der Waals surface area contributed by atoms with Crippen molar-refractivity contribution in [2.75, 3.05) is 18.0 Å². The zero-order valence-corrected chi connectivity index (χ0v) is 36.4.